The van der Waals surface area contributed by atoms with Crippen molar-refractivity contribution in [3.63, 3.8) is 0 Å². The highest BCUT2D eigenvalue weighted by Crippen LogP contribution is 2.30. The maximum Gasteiger partial charge on any atom is 0.269 e. The van der Waals surface area contributed by atoms with Gasteiger partial charge in [-0.2, -0.15) is 0 Å². The number of likely N-dealkylation sites (tertiary alicyclic amines) is 1. The molecule has 1 amide bonds. The average Bonchev–Trinajstić information content (AvgIpc) is 2.93. The Labute approximate surface area is 110 Å². The Bertz CT molecular complexity index is 558. The van der Waals surface area contributed by atoms with Crippen molar-refractivity contribution in [2.45, 2.75) is 25.6 Å². The summed E-state index contributed by atoms with van der Waals surface area (Å²) in [6.45, 7) is 2.12. The molecule has 1 aromatic carbocycles. The van der Waals surface area contributed by atoms with E-state index in [9.17, 15) is 14.9 Å². The monoisotopic (exact) mass is 261 g/mol. The molecular weight excluding hydrogens is 246 g/mol. The number of carbonyl (C=O) groups is 1. The summed E-state index contributed by atoms with van der Waals surface area (Å²) in [6.07, 6.45) is 0.839. The van der Waals surface area contributed by atoms with Gasteiger partial charge in [0, 0.05) is 38.8 Å². The van der Waals surface area contributed by atoms with Gasteiger partial charge in [-0.05, 0) is 17.5 Å². The summed E-state index contributed by atoms with van der Waals surface area (Å²) < 4.78 is 0. The van der Waals surface area contributed by atoms with Crippen molar-refractivity contribution in [2.24, 2.45) is 0 Å². The van der Waals surface area contributed by atoms with Gasteiger partial charge in [-0.25, -0.2) is 0 Å². The molecule has 0 unspecified atom stereocenters. The zero-order valence-corrected chi connectivity index (χ0v) is 10.7. The van der Waals surface area contributed by atoms with Gasteiger partial charge in [-0.1, -0.05) is 6.07 Å². The molecule has 2 aliphatic rings. The van der Waals surface area contributed by atoms with E-state index in [-0.39, 0.29) is 22.6 Å². The van der Waals surface area contributed by atoms with Crippen LogP contribution >= 0.6 is 0 Å². The van der Waals surface area contributed by atoms with Crippen LogP contribution in [0.5, 0.6) is 0 Å². The van der Waals surface area contributed by atoms with E-state index < -0.39 is 0 Å². The van der Waals surface area contributed by atoms with Crippen LogP contribution in [0.25, 0.3) is 0 Å². The number of hydrogen-bond donors (Lipinski definition) is 0. The van der Waals surface area contributed by atoms with Gasteiger partial charge in [0.2, 0.25) is 5.91 Å². The van der Waals surface area contributed by atoms with Crippen LogP contribution in [0.1, 0.15) is 17.5 Å². The number of rotatable bonds is 2. The third-order valence-corrected chi connectivity index (χ3v) is 3.99. The number of benzene rings is 1. The summed E-state index contributed by atoms with van der Waals surface area (Å²) in [4.78, 5) is 26.2. The lowest BCUT2D eigenvalue weighted by Crippen LogP contribution is -2.37. The molecule has 19 heavy (non-hydrogen) atoms. The Balaban J connectivity index is 1.81. The van der Waals surface area contributed by atoms with Gasteiger partial charge in [0.1, 0.15) is 0 Å². The lowest BCUT2D eigenvalue weighted by Gasteiger charge is -2.21. The normalized spacial score (nSPS) is 22.9. The SMILES string of the molecule is CN1CC[C@H](N2Cc3ccc([N+](=O)[O-])cc3C2)C1=O. The number of hydrogen-bond acceptors (Lipinski definition) is 4. The second-order valence-electron chi connectivity index (χ2n) is 5.18. The summed E-state index contributed by atoms with van der Waals surface area (Å²) in [5.41, 5.74) is 2.18. The van der Waals surface area contributed by atoms with Crippen LogP contribution in [0.2, 0.25) is 0 Å². The van der Waals surface area contributed by atoms with Crippen LogP contribution in [0.15, 0.2) is 18.2 Å². The highest BCUT2D eigenvalue weighted by atomic mass is 16.6. The van der Waals surface area contributed by atoms with E-state index in [1.54, 1.807) is 17.0 Å². The molecule has 0 spiro atoms. The van der Waals surface area contributed by atoms with E-state index in [1.165, 1.54) is 6.07 Å². The topological polar surface area (TPSA) is 66.7 Å². The maximum absolute atomic E-state index is 12.0. The largest absolute Gasteiger partial charge is 0.344 e. The minimum absolute atomic E-state index is 0.0727. The number of likely N-dealkylation sites (N-methyl/N-ethyl adjacent to an activating group) is 1. The Morgan fingerprint density at radius 1 is 1.32 bits per heavy atom. The van der Waals surface area contributed by atoms with E-state index in [0.29, 0.717) is 13.1 Å². The van der Waals surface area contributed by atoms with Gasteiger partial charge < -0.3 is 4.90 Å². The smallest absolute Gasteiger partial charge is 0.269 e. The third kappa shape index (κ3) is 1.98. The molecule has 100 valence electrons. The summed E-state index contributed by atoms with van der Waals surface area (Å²) >= 11 is 0. The molecule has 1 saturated heterocycles. The van der Waals surface area contributed by atoms with Crippen molar-refractivity contribution in [3.05, 3.63) is 39.4 Å². The first kappa shape index (κ1) is 12.1. The fraction of sp³-hybridized carbons (Fsp3) is 0.462. The number of non-ortho nitro benzene ring substituents is 1. The molecule has 0 aliphatic carbocycles. The highest BCUT2D eigenvalue weighted by molar-refractivity contribution is 5.83. The van der Waals surface area contributed by atoms with Crippen molar-refractivity contribution < 1.29 is 9.72 Å². The van der Waals surface area contributed by atoms with Crippen LogP contribution in [-0.2, 0) is 17.9 Å². The summed E-state index contributed by atoms with van der Waals surface area (Å²) in [7, 11) is 1.82. The number of nitro benzene ring substituents is 1. The molecule has 6 heteroatoms. The molecule has 0 radical (unpaired) electrons. The van der Waals surface area contributed by atoms with Crippen LogP contribution in [0.3, 0.4) is 0 Å². The maximum atomic E-state index is 12.0. The molecule has 0 N–H and O–H groups in total. The van der Waals surface area contributed by atoms with Gasteiger partial charge in [-0.3, -0.25) is 19.8 Å². The van der Waals surface area contributed by atoms with Gasteiger partial charge in [-0.15, -0.1) is 0 Å². The van der Waals surface area contributed by atoms with Gasteiger partial charge in [0.15, 0.2) is 0 Å². The molecule has 6 nitrogen and oxygen atoms in total. The van der Waals surface area contributed by atoms with Gasteiger partial charge in [0.05, 0.1) is 11.0 Å². The van der Waals surface area contributed by atoms with Crippen molar-refractivity contribution in [1.29, 1.82) is 0 Å². The van der Waals surface area contributed by atoms with Crippen molar-refractivity contribution in [3.8, 4) is 0 Å². The number of carbonyl (C=O) groups excluding carboxylic acids is 1. The number of amides is 1. The Morgan fingerprint density at radius 3 is 2.68 bits per heavy atom. The Morgan fingerprint density at radius 2 is 2.05 bits per heavy atom. The fourth-order valence-corrected chi connectivity index (χ4v) is 2.88. The number of nitro groups is 1. The zero-order valence-electron chi connectivity index (χ0n) is 10.7. The number of nitrogens with zero attached hydrogens (tertiary/aromatic N) is 3. The molecule has 2 heterocycles. The van der Waals surface area contributed by atoms with Crippen LogP contribution in [0.4, 0.5) is 5.69 Å². The van der Waals surface area contributed by atoms with Gasteiger partial charge in [0.25, 0.3) is 5.69 Å². The standard InChI is InChI=1S/C13H15N3O3/c1-14-5-4-12(13(14)17)15-7-9-2-3-11(16(18)19)6-10(9)8-15/h2-3,6,12H,4-5,7-8H2,1H3/t12-/m0/s1. The fourth-order valence-electron chi connectivity index (χ4n) is 2.88. The van der Waals surface area contributed by atoms with Crippen molar-refractivity contribution >= 4 is 11.6 Å². The molecule has 2 aliphatic heterocycles. The van der Waals surface area contributed by atoms with E-state index in [0.717, 1.165) is 24.1 Å². The molecule has 0 aromatic heterocycles. The summed E-state index contributed by atoms with van der Waals surface area (Å²) in [6, 6.07) is 4.89. The van der Waals surface area contributed by atoms with E-state index in [1.807, 2.05) is 7.05 Å². The predicted molar refractivity (Wildman–Crippen MR) is 68.4 cm³/mol. The van der Waals surface area contributed by atoms with Gasteiger partial charge >= 0.3 is 0 Å². The predicted octanol–water partition coefficient (Wildman–Crippen LogP) is 1.14. The molecular formula is C13H15N3O3. The van der Waals surface area contributed by atoms with E-state index >= 15 is 0 Å². The minimum atomic E-state index is -0.378. The van der Waals surface area contributed by atoms with E-state index in [2.05, 4.69) is 4.90 Å². The first-order valence-electron chi connectivity index (χ1n) is 6.31. The number of fused-ring (bicyclic) bond motifs is 1. The molecule has 1 fully saturated rings. The van der Waals surface area contributed by atoms with Crippen molar-refractivity contribution in [1.82, 2.24) is 9.80 Å². The first-order chi connectivity index (χ1) is 9.06. The molecule has 0 saturated carbocycles. The van der Waals surface area contributed by atoms with E-state index in [4.69, 9.17) is 0 Å². The zero-order chi connectivity index (χ0) is 13.6. The van der Waals surface area contributed by atoms with Crippen LogP contribution in [-0.4, -0.2) is 40.3 Å². The molecule has 1 atom stereocenters. The Kier molecular flexibility index (Phi) is 2.74. The van der Waals surface area contributed by atoms with Crippen molar-refractivity contribution in [2.75, 3.05) is 13.6 Å². The second-order valence-corrected chi connectivity index (χ2v) is 5.18. The summed E-state index contributed by atoms with van der Waals surface area (Å²) in [5.74, 6) is 0.155. The first-order valence-corrected chi connectivity index (χ1v) is 6.31. The second kappa shape index (κ2) is 4.31. The van der Waals surface area contributed by atoms with Crippen LogP contribution < -0.4 is 0 Å². The lowest BCUT2D eigenvalue weighted by molar-refractivity contribution is -0.384. The minimum Gasteiger partial charge on any atom is -0.344 e. The molecule has 3 rings (SSSR count). The average molecular weight is 261 g/mol. The lowest BCUT2D eigenvalue weighted by atomic mass is 10.1. The third-order valence-electron chi connectivity index (χ3n) is 3.99. The molecule has 0 bridgehead atoms. The Hall–Kier alpha value is -1.95. The van der Waals surface area contributed by atoms with Crippen LogP contribution in [0, 0.1) is 10.1 Å². The summed E-state index contributed by atoms with van der Waals surface area (Å²) in [5, 5.41) is 10.8. The quantitative estimate of drug-likeness (QED) is 0.591. The molecule has 1 aromatic rings. The highest BCUT2D eigenvalue weighted by Gasteiger charge is 2.36.